The lowest BCUT2D eigenvalue weighted by Crippen LogP contribution is -2.29. The quantitative estimate of drug-likeness (QED) is 0.654. The van der Waals surface area contributed by atoms with E-state index < -0.39 is 0 Å². The number of rotatable bonds is 3. The van der Waals surface area contributed by atoms with E-state index in [9.17, 15) is 4.79 Å². The number of amidine groups is 1. The lowest BCUT2D eigenvalue weighted by atomic mass is 10.2. The predicted molar refractivity (Wildman–Crippen MR) is 116 cm³/mol. The monoisotopic (exact) mass is 395 g/mol. The van der Waals surface area contributed by atoms with Gasteiger partial charge in [-0.05, 0) is 56.3 Å². The molecular weight excluding hydrogens is 374 g/mol. The van der Waals surface area contributed by atoms with E-state index in [1.807, 2.05) is 50.2 Å². The highest BCUT2D eigenvalue weighted by Gasteiger charge is 2.38. The maximum absolute atomic E-state index is 13.1. The Morgan fingerprint density at radius 2 is 1.63 bits per heavy atom. The number of para-hydroxylation sites is 2. The van der Waals surface area contributed by atoms with E-state index in [0.29, 0.717) is 6.54 Å². The van der Waals surface area contributed by atoms with Gasteiger partial charge in [0, 0.05) is 18.0 Å². The van der Waals surface area contributed by atoms with Crippen LogP contribution >= 0.6 is 23.5 Å². The Hall–Kier alpha value is -2.18. The summed E-state index contributed by atoms with van der Waals surface area (Å²) in [6, 6.07) is 16.3. The molecule has 2 aromatic carbocycles. The number of aliphatic imine (C=N–C) groups is 1. The molecule has 0 bridgehead atoms. The normalized spacial score (nSPS) is 20.7. The van der Waals surface area contributed by atoms with E-state index in [4.69, 9.17) is 4.99 Å². The highest BCUT2D eigenvalue weighted by atomic mass is 32.2. The van der Waals surface area contributed by atoms with Crippen molar-refractivity contribution in [3.8, 4) is 0 Å². The summed E-state index contributed by atoms with van der Waals surface area (Å²) in [5.74, 6) is 0.0450. The van der Waals surface area contributed by atoms with Gasteiger partial charge in [-0.15, -0.1) is 0 Å². The summed E-state index contributed by atoms with van der Waals surface area (Å²) in [7, 11) is 0. The van der Waals surface area contributed by atoms with E-state index in [0.717, 1.165) is 32.9 Å². The van der Waals surface area contributed by atoms with E-state index >= 15 is 0 Å². The van der Waals surface area contributed by atoms with Gasteiger partial charge in [0.25, 0.3) is 5.91 Å². The number of amides is 1. The molecule has 0 spiro atoms. The number of fused-ring (bicyclic) bond motifs is 1. The Kier molecular flexibility index (Phi) is 5.02. The molecule has 2 heterocycles. The van der Waals surface area contributed by atoms with Crippen LogP contribution in [0.15, 0.2) is 68.4 Å². The van der Waals surface area contributed by atoms with Gasteiger partial charge in [0.15, 0.2) is 5.17 Å². The Morgan fingerprint density at radius 3 is 2.37 bits per heavy atom. The molecule has 0 aliphatic carbocycles. The van der Waals surface area contributed by atoms with Crippen LogP contribution in [0.2, 0.25) is 0 Å². The molecule has 2 aliphatic heterocycles. The van der Waals surface area contributed by atoms with E-state index in [1.54, 1.807) is 16.7 Å². The Labute approximate surface area is 168 Å². The van der Waals surface area contributed by atoms with Gasteiger partial charge >= 0.3 is 0 Å². The van der Waals surface area contributed by atoms with Crippen molar-refractivity contribution < 1.29 is 4.79 Å². The molecule has 2 aliphatic rings. The first kappa shape index (κ1) is 18.2. The number of carbonyl (C=O) groups is 1. The fourth-order valence-corrected chi connectivity index (χ4v) is 5.66. The molecule has 4 rings (SSSR count). The largest absolute Gasteiger partial charge is 0.334 e. The second-order valence-corrected chi connectivity index (χ2v) is 8.29. The molecule has 6 heteroatoms. The number of aryl methyl sites for hydroxylation is 1. The highest BCUT2D eigenvalue weighted by Crippen LogP contribution is 2.50. The molecule has 0 N–H and O–H groups in total. The van der Waals surface area contributed by atoms with Crippen molar-refractivity contribution in [3.63, 3.8) is 0 Å². The molecule has 2 aromatic rings. The number of hydrogen-bond acceptors (Lipinski definition) is 5. The summed E-state index contributed by atoms with van der Waals surface area (Å²) in [6.45, 7) is 7.59. The van der Waals surface area contributed by atoms with Gasteiger partial charge in [0.05, 0.1) is 11.4 Å². The minimum absolute atomic E-state index is 0.0450. The molecule has 0 saturated carbocycles. The molecule has 4 nitrogen and oxygen atoms in total. The molecule has 1 fully saturated rings. The third kappa shape index (κ3) is 3.17. The van der Waals surface area contributed by atoms with Crippen molar-refractivity contribution in [2.75, 3.05) is 18.0 Å². The van der Waals surface area contributed by atoms with Crippen LogP contribution in [-0.4, -0.2) is 29.1 Å². The summed E-state index contributed by atoms with van der Waals surface area (Å²) < 4.78 is 0. The smallest absolute Gasteiger partial charge is 0.269 e. The first-order chi connectivity index (χ1) is 13.1. The van der Waals surface area contributed by atoms with E-state index in [-0.39, 0.29) is 5.91 Å². The fraction of sp³-hybridized carbons (Fsp3) is 0.238. The van der Waals surface area contributed by atoms with Crippen molar-refractivity contribution in [3.05, 3.63) is 64.0 Å². The van der Waals surface area contributed by atoms with Gasteiger partial charge in [-0.1, -0.05) is 42.1 Å². The standard InChI is InChI=1S/C21H21N3OS2/c1-4-23-16-12-8-9-13-17(16)26-20(23)18-19(25)24(5-2)21(27-18)22-15-11-7-6-10-14(15)3/h6-13H,4-5H2,1-3H3. The van der Waals surface area contributed by atoms with Gasteiger partial charge < -0.3 is 4.90 Å². The highest BCUT2D eigenvalue weighted by molar-refractivity contribution is 8.19. The Balaban J connectivity index is 1.76. The van der Waals surface area contributed by atoms with Crippen LogP contribution in [0.3, 0.4) is 0 Å². The zero-order valence-electron chi connectivity index (χ0n) is 15.6. The molecule has 0 atom stereocenters. The Morgan fingerprint density at radius 1 is 0.926 bits per heavy atom. The second kappa shape index (κ2) is 7.44. The molecule has 138 valence electrons. The number of hydrogen-bond donors (Lipinski definition) is 0. The minimum atomic E-state index is 0.0450. The lowest BCUT2D eigenvalue weighted by molar-refractivity contribution is -0.122. The van der Waals surface area contributed by atoms with Gasteiger partial charge in [-0.3, -0.25) is 9.69 Å². The van der Waals surface area contributed by atoms with Crippen molar-refractivity contribution >= 4 is 46.0 Å². The minimum Gasteiger partial charge on any atom is -0.334 e. The van der Waals surface area contributed by atoms with Crippen LogP contribution < -0.4 is 4.90 Å². The van der Waals surface area contributed by atoms with Crippen LogP contribution in [-0.2, 0) is 4.79 Å². The molecule has 1 saturated heterocycles. The van der Waals surface area contributed by atoms with Gasteiger partial charge in [0.1, 0.15) is 9.93 Å². The SMILES string of the molecule is CCN1C(=O)C(=C2Sc3ccccc3N2CC)SC1=Nc1ccccc1C. The van der Waals surface area contributed by atoms with Crippen LogP contribution in [0, 0.1) is 6.92 Å². The maximum Gasteiger partial charge on any atom is 0.269 e. The van der Waals surface area contributed by atoms with E-state index in [2.05, 4.69) is 24.0 Å². The van der Waals surface area contributed by atoms with Gasteiger partial charge in [0.2, 0.25) is 0 Å². The maximum atomic E-state index is 13.1. The molecule has 0 aromatic heterocycles. The van der Waals surface area contributed by atoms with Gasteiger partial charge in [-0.2, -0.15) is 0 Å². The summed E-state index contributed by atoms with van der Waals surface area (Å²) in [6.07, 6.45) is 0. The van der Waals surface area contributed by atoms with Crippen molar-refractivity contribution in [2.45, 2.75) is 25.7 Å². The number of nitrogens with zero attached hydrogens (tertiary/aromatic N) is 3. The molecule has 0 radical (unpaired) electrons. The van der Waals surface area contributed by atoms with Crippen molar-refractivity contribution in [1.29, 1.82) is 0 Å². The van der Waals surface area contributed by atoms with Crippen LogP contribution in [0.5, 0.6) is 0 Å². The summed E-state index contributed by atoms with van der Waals surface area (Å²) in [4.78, 5) is 23.9. The van der Waals surface area contributed by atoms with Crippen LogP contribution in [0.25, 0.3) is 0 Å². The summed E-state index contributed by atoms with van der Waals surface area (Å²) in [5.41, 5.74) is 3.19. The number of benzene rings is 2. The molecule has 1 amide bonds. The lowest BCUT2D eigenvalue weighted by Gasteiger charge is -2.19. The second-order valence-electron chi connectivity index (χ2n) is 6.28. The summed E-state index contributed by atoms with van der Waals surface area (Å²) in [5, 5.41) is 1.77. The molecule has 0 unspecified atom stereocenters. The fourth-order valence-electron chi connectivity index (χ4n) is 3.21. The predicted octanol–water partition coefficient (Wildman–Crippen LogP) is 5.38. The first-order valence-electron chi connectivity index (χ1n) is 9.06. The van der Waals surface area contributed by atoms with Crippen LogP contribution in [0.4, 0.5) is 11.4 Å². The van der Waals surface area contributed by atoms with Crippen molar-refractivity contribution in [2.24, 2.45) is 4.99 Å². The average molecular weight is 396 g/mol. The average Bonchev–Trinajstić information content (AvgIpc) is 3.20. The topological polar surface area (TPSA) is 35.9 Å². The van der Waals surface area contributed by atoms with E-state index in [1.165, 1.54) is 22.3 Å². The van der Waals surface area contributed by atoms with Crippen molar-refractivity contribution in [1.82, 2.24) is 4.90 Å². The molecule has 27 heavy (non-hydrogen) atoms. The van der Waals surface area contributed by atoms with Crippen LogP contribution in [0.1, 0.15) is 19.4 Å². The summed E-state index contributed by atoms with van der Waals surface area (Å²) >= 11 is 3.16. The Bertz CT molecular complexity index is 967. The van der Waals surface area contributed by atoms with Gasteiger partial charge in [-0.25, -0.2) is 4.99 Å². The zero-order valence-corrected chi connectivity index (χ0v) is 17.2. The number of carbonyl (C=O) groups excluding carboxylic acids is 1. The number of thioether (sulfide) groups is 2. The number of anilines is 1. The third-order valence-electron chi connectivity index (χ3n) is 4.63. The zero-order chi connectivity index (χ0) is 19.0. The third-order valence-corrected chi connectivity index (χ3v) is 7.01. The molecular formula is C21H21N3OS2. The first-order valence-corrected chi connectivity index (χ1v) is 10.7. The number of likely N-dealkylation sites (N-methyl/N-ethyl adjacent to an activating group) is 1.